The highest BCUT2D eigenvalue weighted by Crippen LogP contribution is 2.19. The van der Waals surface area contributed by atoms with E-state index in [0.717, 1.165) is 21.8 Å². The number of nitrogens with one attached hydrogen (secondary N) is 1. The predicted octanol–water partition coefficient (Wildman–Crippen LogP) is 1.09. The van der Waals surface area contributed by atoms with Crippen LogP contribution < -0.4 is 21.5 Å². The van der Waals surface area contributed by atoms with E-state index in [1.807, 2.05) is 6.07 Å². The van der Waals surface area contributed by atoms with E-state index in [1.165, 1.54) is 6.07 Å². The molecule has 2 heterocycles. The molecule has 3 nitrogen and oxygen atoms in total. The number of fused-ring (bicyclic) bond motifs is 1. The highest BCUT2D eigenvalue weighted by Gasteiger charge is 2.13. The Kier molecular flexibility index (Phi) is 3.32. The fraction of sp³-hybridized carbons (Fsp3) is 0.133. The number of pyridine rings is 1. The van der Waals surface area contributed by atoms with Gasteiger partial charge >= 0.3 is 0 Å². The van der Waals surface area contributed by atoms with Crippen LogP contribution in [0.4, 0.5) is 4.39 Å². The van der Waals surface area contributed by atoms with Crippen molar-refractivity contribution in [1.82, 2.24) is 10.3 Å². The van der Waals surface area contributed by atoms with E-state index >= 15 is 0 Å². The molecule has 1 aliphatic heterocycles. The van der Waals surface area contributed by atoms with E-state index in [4.69, 9.17) is 17.3 Å². The van der Waals surface area contributed by atoms with Gasteiger partial charge in [-0.3, -0.25) is 4.98 Å². The Hall–Kier alpha value is -2.07. The molecule has 0 spiro atoms. The summed E-state index contributed by atoms with van der Waals surface area (Å²) >= 11 is 5.81. The molecule has 3 rings (SSSR count). The molecule has 1 aliphatic rings. The number of aromatic nitrogens is 1. The Bertz CT molecular complexity index is 786. The third kappa shape index (κ3) is 2.23. The summed E-state index contributed by atoms with van der Waals surface area (Å²) in [5.41, 5.74) is 8.01. The Labute approximate surface area is 120 Å². The van der Waals surface area contributed by atoms with Crippen molar-refractivity contribution >= 4 is 23.0 Å². The maximum absolute atomic E-state index is 14.2. The number of nitrogens with two attached hydrogens (primary N) is 1. The van der Waals surface area contributed by atoms with Crippen LogP contribution in [0.3, 0.4) is 0 Å². The summed E-state index contributed by atoms with van der Waals surface area (Å²) in [5.74, 6) is -0.358. The van der Waals surface area contributed by atoms with Crippen LogP contribution >= 0.6 is 11.6 Å². The fourth-order valence-electron chi connectivity index (χ4n) is 2.35. The second-order valence-electron chi connectivity index (χ2n) is 4.62. The minimum Gasteiger partial charge on any atom is -0.401 e. The second kappa shape index (κ2) is 5.13. The van der Waals surface area contributed by atoms with Crippen molar-refractivity contribution in [2.45, 2.75) is 6.42 Å². The molecular formula is C15H13ClFN3. The summed E-state index contributed by atoms with van der Waals surface area (Å²) in [6.45, 7) is 0.651. The average Bonchev–Trinajstić information content (AvgIpc) is 2.60. The zero-order valence-corrected chi connectivity index (χ0v) is 11.4. The Morgan fingerprint density at radius 1 is 1.25 bits per heavy atom. The molecule has 20 heavy (non-hydrogen) atoms. The number of hydrogen-bond donors (Lipinski definition) is 2. The molecule has 0 amide bonds. The van der Waals surface area contributed by atoms with Gasteiger partial charge < -0.3 is 11.1 Å². The Balaban J connectivity index is 2.38. The monoisotopic (exact) mass is 289 g/mol. The van der Waals surface area contributed by atoms with Gasteiger partial charge in [-0.15, -0.1) is 0 Å². The molecule has 3 N–H and O–H groups in total. The molecule has 0 radical (unpaired) electrons. The van der Waals surface area contributed by atoms with E-state index in [0.29, 0.717) is 23.6 Å². The molecule has 1 aromatic carbocycles. The molecule has 0 atom stereocenters. The first kappa shape index (κ1) is 12.9. The Morgan fingerprint density at radius 3 is 2.90 bits per heavy atom. The Morgan fingerprint density at radius 2 is 2.10 bits per heavy atom. The molecule has 0 saturated carbocycles. The quantitative estimate of drug-likeness (QED) is 0.826. The summed E-state index contributed by atoms with van der Waals surface area (Å²) in [6.07, 6.45) is 4.08. The zero-order chi connectivity index (χ0) is 14.1. The van der Waals surface area contributed by atoms with Crippen molar-refractivity contribution in [2.75, 3.05) is 6.54 Å². The van der Waals surface area contributed by atoms with Gasteiger partial charge in [0.1, 0.15) is 5.82 Å². The predicted molar refractivity (Wildman–Crippen MR) is 77.6 cm³/mol. The van der Waals surface area contributed by atoms with Crippen molar-refractivity contribution in [1.29, 1.82) is 0 Å². The van der Waals surface area contributed by atoms with Crippen molar-refractivity contribution in [3.8, 4) is 0 Å². The van der Waals surface area contributed by atoms with Crippen LogP contribution in [0.15, 0.2) is 36.7 Å². The lowest BCUT2D eigenvalue weighted by Gasteiger charge is -2.11. The number of benzene rings is 1. The van der Waals surface area contributed by atoms with Gasteiger partial charge in [-0.2, -0.15) is 0 Å². The largest absolute Gasteiger partial charge is 0.401 e. The lowest BCUT2D eigenvalue weighted by molar-refractivity contribution is 0.622. The van der Waals surface area contributed by atoms with E-state index < -0.39 is 0 Å². The molecule has 0 bridgehead atoms. The van der Waals surface area contributed by atoms with E-state index in [-0.39, 0.29) is 5.82 Å². The standard InChI is InChI=1S/C15H13ClFN3/c16-9-1-2-11(13(17)7-9)15-10-3-5-19-8-12(10)14(18)4-6-20-15/h1-3,5,7-8,20H,4,6,18H2. The van der Waals surface area contributed by atoms with Gasteiger partial charge in [-0.05, 0) is 24.3 Å². The topological polar surface area (TPSA) is 50.9 Å². The van der Waals surface area contributed by atoms with Crippen LogP contribution in [0.1, 0.15) is 12.0 Å². The average molecular weight is 290 g/mol. The summed E-state index contributed by atoms with van der Waals surface area (Å²) in [7, 11) is 0. The summed E-state index contributed by atoms with van der Waals surface area (Å²) in [6, 6.07) is 6.49. The highest BCUT2D eigenvalue weighted by atomic mass is 35.5. The fourth-order valence-corrected chi connectivity index (χ4v) is 2.51. The summed E-state index contributed by atoms with van der Waals surface area (Å²) in [5, 5.41) is 5.33. The molecule has 1 aromatic heterocycles. The third-order valence-corrected chi connectivity index (χ3v) is 3.57. The molecule has 5 heteroatoms. The molecule has 0 aliphatic carbocycles. The van der Waals surface area contributed by atoms with E-state index in [9.17, 15) is 4.39 Å². The molecule has 0 fully saturated rings. The van der Waals surface area contributed by atoms with Crippen molar-refractivity contribution in [2.24, 2.45) is 5.73 Å². The zero-order valence-electron chi connectivity index (χ0n) is 10.7. The van der Waals surface area contributed by atoms with E-state index in [1.54, 1.807) is 24.5 Å². The molecule has 0 unspecified atom stereocenters. The summed E-state index contributed by atoms with van der Waals surface area (Å²) < 4.78 is 14.2. The normalized spacial score (nSPS) is 14.5. The highest BCUT2D eigenvalue weighted by molar-refractivity contribution is 6.30. The number of halogens is 2. The first-order valence-electron chi connectivity index (χ1n) is 6.29. The first-order chi connectivity index (χ1) is 9.66. The smallest absolute Gasteiger partial charge is 0.134 e. The van der Waals surface area contributed by atoms with Crippen LogP contribution in [0.2, 0.25) is 5.02 Å². The minimum absolute atomic E-state index is 0.358. The van der Waals surface area contributed by atoms with Crippen LogP contribution in [-0.4, -0.2) is 11.5 Å². The SMILES string of the molecule is NC1=c2cnccc2=C(c2ccc(Cl)cc2F)NCC1. The van der Waals surface area contributed by atoms with Gasteiger partial charge in [0.25, 0.3) is 0 Å². The van der Waals surface area contributed by atoms with Crippen molar-refractivity contribution in [3.63, 3.8) is 0 Å². The van der Waals surface area contributed by atoms with Crippen LogP contribution in [0.5, 0.6) is 0 Å². The van der Waals surface area contributed by atoms with Crippen LogP contribution in [0.25, 0.3) is 11.4 Å². The summed E-state index contributed by atoms with van der Waals surface area (Å²) in [4.78, 5) is 4.10. The second-order valence-corrected chi connectivity index (χ2v) is 5.06. The van der Waals surface area contributed by atoms with Gasteiger partial charge in [-0.25, -0.2) is 4.39 Å². The number of hydrogen-bond acceptors (Lipinski definition) is 3. The van der Waals surface area contributed by atoms with Gasteiger partial charge in [0.05, 0.1) is 5.70 Å². The van der Waals surface area contributed by atoms with E-state index in [2.05, 4.69) is 10.3 Å². The van der Waals surface area contributed by atoms with Crippen molar-refractivity contribution < 1.29 is 4.39 Å². The van der Waals surface area contributed by atoms with Crippen LogP contribution in [-0.2, 0) is 0 Å². The lowest BCUT2D eigenvalue weighted by Crippen LogP contribution is -2.33. The molecule has 2 aromatic rings. The van der Waals surface area contributed by atoms with Crippen molar-refractivity contribution in [3.05, 3.63) is 63.5 Å². The molecule has 0 saturated heterocycles. The molecule has 102 valence electrons. The lowest BCUT2D eigenvalue weighted by atomic mass is 10.1. The van der Waals surface area contributed by atoms with Crippen LogP contribution in [0, 0.1) is 5.82 Å². The van der Waals surface area contributed by atoms with Gasteiger partial charge in [0, 0.05) is 52.1 Å². The molecular weight excluding hydrogens is 277 g/mol. The maximum Gasteiger partial charge on any atom is 0.134 e. The maximum atomic E-state index is 14.2. The van der Waals surface area contributed by atoms with Gasteiger partial charge in [0.2, 0.25) is 0 Å². The first-order valence-corrected chi connectivity index (χ1v) is 6.67. The van der Waals surface area contributed by atoms with Gasteiger partial charge in [-0.1, -0.05) is 11.6 Å². The van der Waals surface area contributed by atoms with Gasteiger partial charge in [0.15, 0.2) is 0 Å². The third-order valence-electron chi connectivity index (χ3n) is 3.33. The minimum atomic E-state index is -0.358. The number of rotatable bonds is 1. The number of nitrogens with zero attached hydrogens (tertiary/aromatic N) is 1.